The Morgan fingerprint density at radius 3 is 2.54 bits per heavy atom. The van der Waals surface area contributed by atoms with Gasteiger partial charge in [0.25, 0.3) is 0 Å². The molecule has 0 saturated heterocycles. The summed E-state index contributed by atoms with van der Waals surface area (Å²) in [5.41, 5.74) is 0.978. The summed E-state index contributed by atoms with van der Waals surface area (Å²) < 4.78 is 0. The van der Waals surface area contributed by atoms with E-state index in [-0.39, 0.29) is 0 Å². The first-order chi connectivity index (χ1) is 6.40. The van der Waals surface area contributed by atoms with Gasteiger partial charge in [-0.3, -0.25) is 0 Å². The van der Waals surface area contributed by atoms with Gasteiger partial charge >= 0.3 is 0 Å². The van der Waals surface area contributed by atoms with Gasteiger partial charge in [0.1, 0.15) is 0 Å². The van der Waals surface area contributed by atoms with Crippen molar-refractivity contribution >= 4 is 11.8 Å². The Labute approximate surface area is 79.8 Å². The van der Waals surface area contributed by atoms with Gasteiger partial charge in [0.2, 0.25) is 5.82 Å². The van der Waals surface area contributed by atoms with Gasteiger partial charge in [0.15, 0.2) is 0 Å². The molecule has 13 heavy (non-hydrogen) atoms. The fraction of sp³-hybridized carbons (Fsp3) is 0.125. The molecule has 1 aromatic heterocycles. The summed E-state index contributed by atoms with van der Waals surface area (Å²) >= 11 is 1.71. The second-order valence-electron chi connectivity index (χ2n) is 2.46. The van der Waals surface area contributed by atoms with Gasteiger partial charge in [-0.15, -0.1) is 22.0 Å². The van der Waals surface area contributed by atoms with Crippen LogP contribution in [0, 0.1) is 0 Å². The lowest BCUT2D eigenvalue weighted by atomic mass is 10.2. The first-order valence-corrected chi connectivity index (χ1v) is 5.00. The monoisotopic (exact) mass is 192 g/mol. The number of nitrogens with zero attached hydrogens (tertiary/aromatic N) is 3. The predicted molar refractivity (Wildman–Crippen MR) is 51.4 cm³/mol. The lowest BCUT2D eigenvalue weighted by Gasteiger charge is -1.96. The van der Waals surface area contributed by atoms with Crippen LogP contribution in [-0.2, 0) is 0 Å². The van der Waals surface area contributed by atoms with Crippen molar-refractivity contribution in [3.8, 4) is 11.4 Å². The average Bonchev–Trinajstić information content (AvgIpc) is 2.71. The van der Waals surface area contributed by atoms with Crippen molar-refractivity contribution in [1.29, 1.82) is 0 Å². The number of hydrogen-bond acceptors (Lipinski definition) is 4. The minimum atomic E-state index is 0.632. The maximum atomic E-state index is 3.89. The van der Waals surface area contributed by atoms with Gasteiger partial charge in [-0.05, 0) is 35.7 Å². The van der Waals surface area contributed by atoms with Gasteiger partial charge in [-0.2, -0.15) is 5.21 Å². The van der Waals surface area contributed by atoms with E-state index >= 15 is 0 Å². The minimum absolute atomic E-state index is 0.632. The molecule has 0 fully saturated rings. The van der Waals surface area contributed by atoms with Crippen LogP contribution in [0.1, 0.15) is 0 Å². The van der Waals surface area contributed by atoms with Crippen molar-refractivity contribution in [2.75, 3.05) is 6.26 Å². The number of aromatic amines is 1. The molecule has 1 N–H and O–H groups in total. The first-order valence-electron chi connectivity index (χ1n) is 3.78. The largest absolute Gasteiger partial charge is 0.204 e. The van der Waals surface area contributed by atoms with Gasteiger partial charge < -0.3 is 0 Å². The van der Waals surface area contributed by atoms with Gasteiger partial charge in [0.05, 0.1) is 0 Å². The molecule has 0 aliphatic heterocycles. The van der Waals surface area contributed by atoms with Gasteiger partial charge in [0, 0.05) is 10.5 Å². The molecule has 0 atom stereocenters. The molecule has 0 radical (unpaired) electrons. The number of rotatable bonds is 2. The molecule has 2 aromatic rings. The fourth-order valence-corrected chi connectivity index (χ4v) is 1.43. The van der Waals surface area contributed by atoms with E-state index < -0.39 is 0 Å². The Morgan fingerprint density at radius 2 is 2.00 bits per heavy atom. The summed E-state index contributed by atoms with van der Waals surface area (Å²) in [7, 11) is 0. The summed E-state index contributed by atoms with van der Waals surface area (Å²) in [5.74, 6) is 0.632. The summed E-state index contributed by atoms with van der Waals surface area (Å²) in [5, 5.41) is 13.7. The summed E-state index contributed by atoms with van der Waals surface area (Å²) in [4.78, 5) is 1.23. The molecular weight excluding hydrogens is 184 g/mol. The molecule has 4 nitrogen and oxygen atoms in total. The third-order valence-electron chi connectivity index (χ3n) is 1.69. The highest BCUT2D eigenvalue weighted by molar-refractivity contribution is 7.98. The fourth-order valence-electron chi connectivity index (χ4n) is 1.02. The quantitative estimate of drug-likeness (QED) is 0.734. The SMILES string of the molecule is CSc1ccc(-c2nn[nH]n2)cc1. The van der Waals surface area contributed by atoms with Crippen molar-refractivity contribution in [2.45, 2.75) is 4.90 Å². The Morgan fingerprint density at radius 1 is 1.23 bits per heavy atom. The van der Waals surface area contributed by atoms with E-state index in [0.717, 1.165) is 5.56 Å². The predicted octanol–water partition coefficient (Wildman–Crippen LogP) is 1.59. The number of thioether (sulfide) groups is 1. The summed E-state index contributed by atoms with van der Waals surface area (Å²) in [6.07, 6.45) is 2.04. The topological polar surface area (TPSA) is 54.5 Å². The van der Waals surface area contributed by atoms with Crippen molar-refractivity contribution < 1.29 is 0 Å². The van der Waals surface area contributed by atoms with Crippen molar-refractivity contribution in [2.24, 2.45) is 0 Å². The number of nitrogens with one attached hydrogen (secondary N) is 1. The van der Waals surface area contributed by atoms with Crippen LogP contribution in [0.3, 0.4) is 0 Å². The van der Waals surface area contributed by atoms with Crippen LogP contribution in [0.4, 0.5) is 0 Å². The highest BCUT2D eigenvalue weighted by Gasteiger charge is 2.00. The van der Waals surface area contributed by atoms with Gasteiger partial charge in [-0.1, -0.05) is 0 Å². The Hall–Kier alpha value is -1.36. The molecule has 0 bridgehead atoms. The Bertz CT molecular complexity index is 368. The van der Waals surface area contributed by atoms with E-state index in [2.05, 4.69) is 20.6 Å². The molecule has 1 aromatic carbocycles. The average molecular weight is 192 g/mol. The number of aromatic nitrogens is 4. The third-order valence-corrected chi connectivity index (χ3v) is 2.44. The molecule has 2 rings (SSSR count). The molecule has 0 aliphatic rings. The highest BCUT2D eigenvalue weighted by Crippen LogP contribution is 2.19. The van der Waals surface area contributed by atoms with Crippen LogP contribution in [0.25, 0.3) is 11.4 Å². The second kappa shape index (κ2) is 3.57. The van der Waals surface area contributed by atoms with Crippen LogP contribution in [0.5, 0.6) is 0 Å². The number of H-pyrrole nitrogens is 1. The van der Waals surface area contributed by atoms with Crippen LogP contribution < -0.4 is 0 Å². The highest BCUT2D eigenvalue weighted by atomic mass is 32.2. The molecular formula is C8H8N4S. The molecule has 0 unspecified atom stereocenters. The van der Waals surface area contributed by atoms with E-state index in [1.807, 2.05) is 30.5 Å². The lowest BCUT2D eigenvalue weighted by Crippen LogP contribution is -1.80. The number of tetrazole rings is 1. The van der Waals surface area contributed by atoms with E-state index in [9.17, 15) is 0 Å². The first kappa shape index (κ1) is 8.25. The Kier molecular flexibility index (Phi) is 2.27. The van der Waals surface area contributed by atoms with Crippen molar-refractivity contribution in [3.63, 3.8) is 0 Å². The van der Waals surface area contributed by atoms with Crippen LogP contribution in [0.2, 0.25) is 0 Å². The summed E-state index contributed by atoms with van der Waals surface area (Å²) in [6, 6.07) is 8.04. The molecule has 5 heteroatoms. The number of benzene rings is 1. The molecule has 1 heterocycles. The van der Waals surface area contributed by atoms with Crippen LogP contribution >= 0.6 is 11.8 Å². The van der Waals surface area contributed by atoms with E-state index in [4.69, 9.17) is 0 Å². The van der Waals surface area contributed by atoms with E-state index in [1.165, 1.54) is 4.90 Å². The standard InChI is InChI=1S/C8H8N4S/c1-13-7-4-2-6(3-5-7)8-9-11-12-10-8/h2-5H,1H3,(H,9,10,11,12). The zero-order valence-electron chi connectivity index (χ0n) is 7.06. The molecule has 0 saturated carbocycles. The minimum Gasteiger partial charge on any atom is -0.177 e. The maximum absolute atomic E-state index is 3.89. The normalized spacial score (nSPS) is 10.2. The second-order valence-corrected chi connectivity index (χ2v) is 3.34. The van der Waals surface area contributed by atoms with E-state index in [0.29, 0.717) is 5.82 Å². The molecule has 0 aliphatic carbocycles. The zero-order valence-corrected chi connectivity index (χ0v) is 7.88. The van der Waals surface area contributed by atoms with Crippen molar-refractivity contribution in [1.82, 2.24) is 20.6 Å². The lowest BCUT2D eigenvalue weighted by molar-refractivity contribution is 0.881. The van der Waals surface area contributed by atoms with E-state index in [1.54, 1.807) is 11.8 Å². The maximum Gasteiger partial charge on any atom is 0.204 e. The smallest absolute Gasteiger partial charge is 0.177 e. The molecule has 0 amide bonds. The molecule has 66 valence electrons. The summed E-state index contributed by atoms with van der Waals surface area (Å²) in [6.45, 7) is 0. The van der Waals surface area contributed by atoms with Crippen LogP contribution in [0.15, 0.2) is 29.2 Å². The van der Waals surface area contributed by atoms with Crippen LogP contribution in [-0.4, -0.2) is 26.9 Å². The molecule has 0 spiro atoms. The third kappa shape index (κ3) is 1.70. The Balaban J connectivity index is 2.33. The van der Waals surface area contributed by atoms with Crippen molar-refractivity contribution in [3.05, 3.63) is 24.3 Å². The zero-order chi connectivity index (χ0) is 9.10. The number of hydrogen-bond donors (Lipinski definition) is 1. The van der Waals surface area contributed by atoms with Gasteiger partial charge in [-0.25, -0.2) is 0 Å².